The maximum atomic E-state index is 12.5. The van der Waals surface area contributed by atoms with Gasteiger partial charge in [0.05, 0.1) is 12.6 Å². The third-order valence-corrected chi connectivity index (χ3v) is 4.16. The van der Waals surface area contributed by atoms with Crippen molar-refractivity contribution in [1.82, 2.24) is 4.57 Å². The summed E-state index contributed by atoms with van der Waals surface area (Å²) in [6.45, 7) is 2.79. The Balaban J connectivity index is 2.30. The predicted molar refractivity (Wildman–Crippen MR) is 94.2 cm³/mol. The summed E-state index contributed by atoms with van der Waals surface area (Å²) >= 11 is 0. The Kier molecular flexibility index (Phi) is 5.90. The highest BCUT2D eigenvalue weighted by Gasteiger charge is 2.16. The van der Waals surface area contributed by atoms with Crippen LogP contribution in [0.4, 0.5) is 5.69 Å². The van der Waals surface area contributed by atoms with E-state index in [4.69, 9.17) is 10.5 Å². The van der Waals surface area contributed by atoms with Crippen LogP contribution < -0.4 is 16.0 Å². The van der Waals surface area contributed by atoms with Crippen LogP contribution in [0.25, 0.3) is 10.9 Å². The van der Waals surface area contributed by atoms with Gasteiger partial charge in [-0.2, -0.15) is 0 Å². The first-order valence-electron chi connectivity index (χ1n) is 8.29. The zero-order valence-corrected chi connectivity index (χ0v) is 14.0. The van der Waals surface area contributed by atoms with E-state index < -0.39 is 0 Å². The number of nitrogens with two attached hydrogens (primary N) is 1. The van der Waals surface area contributed by atoms with Gasteiger partial charge in [-0.1, -0.05) is 39.0 Å². The molecular formula is C18H26N2O3. The van der Waals surface area contributed by atoms with Crippen LogP contribution in [-0.2, 0) is 6.54 Å². The lowest BCUT2D eigenvalue weighted by molar-refractivity contribution is 0.366. The lowest BCUT2D eigenvalue weighted by Gasteiger charge is -2.14. The smallest absolute Gasteiger partial charge is 0.297 e. The lowest BCUT2D eigenvalue weighted by atomic mass is 10.1. The molecule has 1 aromatic carbocycles. The molecule has 0 saturated carbocycles. The van der Waals surface area contributed by atoms with Gasteiger partial charge >= 0.3 is 0 Å². The average Bonchev–Trinajstić information content (AvgIpc) is 2.53. The number of fused-ring (bicyclic) bond motifs is 1. The van der Waals surface area contributed by atoms with Crippen LogP contribution in [0.2, 0.25) is 0 Å². The molecule has 0 spiro atoms. The normalized spacial score (nSPS) is 11.0. The summed E-state index contributed by atoms with van der Waals surface area (Å²) in [6, 6.07) is 5.16. The van der Waals surface area contributed by atoms with Gasteiger partial charge < -0.3 is 20.1 Å². The summed E-state index contributed by atoms with van der Waals surface area (Å²) in [7, 11) is 1.40. The Hall–Kier alpha value is -2.17. The van der Waals surface area contributed by atoms with Gasteiger partial charge in [0.25, 0.3) is 5.56 Å². The van der Waals surface area contributed by atoms with Gasteiger partial charge in [0.1, 0.15) is 0 Å². The van der Waals surface area contributed by atoms with Crippen LogP contribution in [-0.4, -0.2) is 16.8 Å². The number of aryl methyl sites for hydroxylation is 1. The summed E-state index contributed by atoms with van der Waals surface area (Å²) in [6.07, 6.45) is 6.89. The highest BCUT2D eigenvalue weighted by atomic mass is 16.5. The number of methoxy groups -OCH3 is 1. The number of aromatic hydroxyl groups is 1. The van der Waals surface area contributed by atoms with Crippen LogP contribution >= 0.6 is 0 Å². The number of nitrogen functional groups attached to an aromatic ring is 1. The minimum absolute atomic E-state index is 0.00625. The van der Waals surface area contributed by atoms with E-state index in [9.17, 15) is 9.90 Å². The third kappa shape index (κ3) is 3.78. The molecule has 0 radical (unpaired) electrons. The van der Waals surface area contributed by atoms with E-state index in [-0.39, 0.29) is 17.1 Å². The Morgan fingerprint density at radius 2 is 1.87 bits per heavy atom. The Labute approximate surface area is 136 Å². The molecule has 3 N–H and O–H groups in total. The summed E-state index contributed by atoms with van der Waals surface area (Å²) < 4.78 is 6.76. The topological polar surface area (TPSA) is 77.5 Å². The Morgan fingerprint density at radius 1 is 1.17 bits per heavy atom. The number of ether oxygens (including phenoxy) is 1. The van der Waals surface area contributed by atoms with Crippen molar-refractivity contribution in [3.8, 4) is 11.5 Å². The first-order valence-corrected chi connectivity index (χ1v) is 8.29. The fourth-order valence-electron chi connectivity index (χ4n) is 2.88. The van der Waals surface area contributed by atoms with Crippen molar-refractivity contribution < 1.29 is 9.84 Å². The number of hydrogen-bond donors (Lipinski definition) is 2. The standard InChI is InChI=1S/C18H26N2O3/c1-3-4-5-6-7-8-11-20-15-12-13(19)9-10-14(15)16(21)17(23-2)18(20)22/h9-10,12,21H,3-8,11,19H2,1-2H3. The number of rotatable bonds is 8. The first kappa shape index (κ1) is 17.2. The number of hydrogen-bond acceptors (Lipinski definition) is 4. The summed E-state index contributed by atoms with van der Waals surface area (Å²) in [5.74, 6) is -0.125. The minimum atomic E-state index is -0.309. The van der Waals surface area contributed by atoms with E-state index in [1.165, 1.54) is 32.8 Å². The number of nitrogens with zero attached hydrogens (tertiary/aromatic N) is 1. The molecule has 5 heteroatoms. The van der Waals surface area contributed by atoms with Crippen molar-refractivity contribution in [3.05, 3.63) is 28.6 Å². The average molecular weight is 318 g/mol. The zero-order chi connectivity index (χ0) is 16.8. The monoisotopic (exact) mass is 318 g/mol. The van der Waals surface area contributed by atoms with Crippen LogP contribution in [0, 0.1) is 0 Å². The summed E-state index contributed by atoms with van der Waals surface area (Å²) in [5, 5.41) is 10.8. The first-order chi connectivity index (χ1) is 11.1. The second-order valence-electron chi connectivity index (χ2n) is 5.88. The maximum absolute atomic E-state index is 12.5. The van der Waals surface area contributed by atoms with Crippen LogP contribution in [0.15, 0.2) is 23.0 Å². The Bertz CT molecular complexity index is 722. The molecule has 126 valence electrons. The number of pyridine rings is 1. The second kappa shape index (κ2) is 7.90. The highest BCUT2D eigenvalue weighted by molar-refractivity contribution is 5.89. The van der Waals surface area contributed by atoms with Gasteiger partial charge in [-0.05, 0) is 24.6 Å². The molecule has 2 aromatic rings. The van der Waals surface area contributed by atoms with E-state index >= 15 is 0 Å². The second-order valence-corrected chi connectivity index (χ2v) is 5.88. The van der Waals surface area contributed by atoms with Crippen molar-refractivity contribution in [3.63, 3.8) is 0 Å². The fraction of sp³-hybridized carbons (Fsp3) is 0.500. The van der Waals surface area contributed by atoms with Crippen molar-refractivity contribution in [2.45, 2.75) is 52.0 Å². The molecule has 23 heavy (non-hydrogen) atoms. The fourth-order valence-corrected chi connectivity index (χ4v) is 2.88. The highest BCUT2D eigenvalue weighted by Crippen LogP contribution is 2.32. The largest absolute Gasteiger partial charge is 0.504 e. The third-order valence-electron chi connectivity index (χ3n) is 4.16. The quantitative estimate of drug-likeness (QED) is 0.575. The van der Waals surface area contributed by atoms with Crippen molar-refractivity contribution in [2.75, 3.05) is 12.8 Å². The van der Waals surface area contributed by atoms with Crippen molar-refractivity contribution in [1.29, 1.82) is 0 Å². The molecule has 0 bridgehead atoms. The van der Waals surface area contributed by atoms with E-state index in [2.05, 4.69) is 6.92 Å². The molecular weight excluding hydrogens is 292 g/mol. The molecule has 0 aliphatic heterocycles. The number of anilines is 1. The summed E-state index contributed by atoms with van der Waals surface area (Å²) in [5.41, 5.74) is 6.76. The zero-order valence-electron chi connectivity index (χ0n) is 14.0. The molecule has 0 atom stereocenters. The number of aromatic nitrogens is 1. The van der Waals surface area contributed by atoms with Crippen LogP contribution in [0.3, 0.4) is 0 Å². The molecule has 0 aliphatic carbocycles. The van der Waals surface area contributed by atoms with Gasteiger partial charge in [0, 0.05) is 17.6 Å². The van der Waals surface area contributed by atoms with E-state index in [1.54, 1.807) is 22.8 Å². The van der Waals surface area contributed by atoms with Crippen LogP contribution in [0.5, 0.6) is 11.5 Å². The van der Waals surface area contributed by atoms with E-state index in [0.29, 0.717) is 23.1 Å². The van der Waals surface area contributed by atoms with Gasteiger partial charge in [-0.3, -0.25) is 4.79 Å². The molecule has 0 fully saturated rings. The van der Waals surface area contributed by atoms with E-state index in [1.807, 2.05) is 0 Å². The lowest BCUT2D eigenvalue weighted by Crippen LogP contribution is -2.22. The van der Waals surface area contributed by atoms with Crippen molar-refractivity contribution >= 4 is 16.6 Å². The molecule has 0 amide bonds. The molecule has 0 saturated heterocycles. The summed E-state index contributed by atoms with van der Waals surface area (Å²) in [4.78, 5) is 12.5. The minimum Gasteiger partial charge on any atom is -0.504 e. The van der Waals surface area contributed by atoms with Gasteiger partial charge in [-0.25, -0.2) is 0 Å². The molecule has 0 aliphatic rings. The van der Waals surface area contributed by atoms with Gasteiger partial charge in [0.15, 0.2) is 5.75 Å². The van der Waals surface area contributed by atoms with Crippen molar-refractivity contribution in [2.24, 2.45) is 0 Å². The number of benzene rings is 1. The molecule has 0 unspecified atom stereocenters. The SMILES string of the molecule is CCCCCCCCn1c(=O)c(OC)c(O)c2ccc(N)cc21. The number of unbranched alkanes of at least 4 members (excludes halogenated alkanes) is 5. The predicted octanol–water partition coefficient (Wildman–Crippen LogP) is 3.66. The van der Waals surface area contributed by atoms with Gasteiger partial charge in [0.2, 0.25) is 5.75 Å². The molecule has 1 aromatic heterocycles. The van der Waals surface area contributed by atoms with Gasteiger partial charge in [-0.15, -0.1) is 0 Å². The molecule has 1 heterocycles. The van der Waals surface area contributed by atoms with Crippen LogP contribution in [0.1, 0.15) is 45.4 Å². The maximum Gasteiger partial charge on any atom is 0.297 e. The van der Waals surface area contributed by atoms with E-state index in [0.717, 1.165) is 12.8 Å². The molecule has 5 nitrogen and oxygen atoms in total. The molecule has 2 rings (SSSR count). The Morgan fingerprint density at radius 3 is 2.57 bits per heavy atom.